The zero-order valence-electron chi connectivity index (χ0n) is 8.71. The van der Waals surface area contributed by atoms with Crippen molar-refractivity contribution in [2.75, 3.05) is 0 Å². The Kier molecular flexibility index (Phi) is 3.32. The van der Waals surface area contributed by atoms with Crippen molar-refractivity contribution >= 4 is 11.3 Å². The molecule has 0 aliphatic rings. The summed E-state index contributed by atoms with van der Waals surface area (Å²) in [6, 6.07) is 2.20. The standard InChI is InChI=1S/C12H18S/c1-5-11(12(3,4)6-2)10-7-8-13-9-10/h5,7-9,11H,1,6H2,2-4H3. The molecule has 0 saturated carbocycles. The van der Waals surface area contributed by atoms with Crippen LogP contribution in [0, 0.1) is 5.41 Å². The minimum atomic E-state index is 0.322. The van der Waals surface area contributed by atoms with Gasteiger partial charge in [0.2, 0.25) is 0 Å². The Labute approximate surface area is 85.3 Å². The molecule has 0 aliphatic heterocycles. The monoisotopic (exact) mass is 194 g/mol. The van der Waals surface area contributed by atoms with Crippen LogP contribution in [0.15, 0.2) is 29.5 Å². The minimum absolute atomic E-state index is 0.322. The Bertz CT molecular complexity index is 257. The van der Waals surface area contributed by atoms with Crippen molar-refractivity contribution in [3.63, 3.8) is 0 Å². The van der Waals surface area contributed by atoms with Crippen molar-refractivity contribution in [3.8, 4) is 0 Å². The van der Waals surface area contributed by atoms with Gasteiger partial charge in [-0.2, -0.15) is 11.3 Å². The summed E-state index contributed by atoms with van der Waals surface area (Å²) < 4.78 is 0. The summed E-state index contributed by atoms with van der Waals surface area (Å²) in [6.07, 6.45) is 3.26. The minimum Gasteiger partial charge on any atom is -0.152 e. The Morgan fingerprint density at radius 2 is 2.31 bits per heavy atom. The first-order chi connectivity index (χ1) is 6.11. The van der Waals surface area contributed by atoms with Crippen molar-refractivity contribution in [2.24, 2.45) is 5.41 Å². The van der Waals surface area contributed by atoms with E-state index in [1.54, 1.807) is 11.3 Å². The van der Waals surface area contributed by atoms with Gasteiger partial charge < -0.3 is 0 Å². The number of hydrogen-bond donors (Lipinski definition) is 0. The second kappa shape index (κ2) is 4.10. The maximum Gasteiger partial charge on any atom is 0.00746 e. The molecule has 0 N–H and O–H groups in total. The van der Waals surface area contributed by atoms with Gasteiger partial charge in [-0.15, -0.1) is 6.58 Å². The predicted molar refractivity (Wildman–Crippen MR) is 61.3 cm³/mol. The van der Waals surface area contributed by atoms with E-state index < -0.39 is 0 Å². The van der Waals surface area contributed by atoms with Crippen LogP contribution in [-0.4, -0.2) is 0 Å². The molecular formula is C12H18S. The van der Waals surface area contributed by atoms with Crippen LogP contribution < -0.4 is 0 Å². The summed E-state index contributed by atoms with van der Waals surface area (Å²) in [7, 11) is 0. The van der Waals surface area contributed by atoms with Gasteiger partial charge in [-0.1, -0.05) is 33.3 Å². The topological polar surface area (TPSA) is 0 Å². The normalized spacial score (nSPS) is 14.1. The molecule has 1 atom stereocenters. The van der Waals surface area contributed by atoms with E-state index in [2.05, 4.69) is 50.3 Å². The van der Waals surface area contributed by atoms with Crippen LogP contribution >= 0.6 is 11.3 Å². The van der Waals surface area contributed by atoms with Crippen molar-refractivity contribution < 1.29 is 0 Å². The Balaban J connectivity index is 2.92. The van der Waals surface area contributed by atoms with E-state index >= 15 is 0 Å². The van der Waals surface area contributed by atoms with E-state index in [9.17, 15) is 0 Å². The third-order valence-corrected chi connectivity index (χ3v) is 3.59. The van der Waals surface area contributed by atoms with E-state index in [-0.39, 0.29) is 0 Å². The predicted octanol–water partition coefficient (Wildman–Crippen LogP) is 4.45. The van der Waals surface area contributed by atoms with Crippen molar-refractivity contribution in [1.29, 1.82) is 0 Å². The average Bonchev–Trinajstić information content (AvgIpc) is 2.58. The van der Waals surface area contributed by atoms with E-state index in [0.29, 0.717) is 11.3 Å². The molecule has 0 aromatic carbocycles. The molecule has 0 amide bonds. The molecule has 1 rings (SSSR count). The highest BCUT2D eigenvalue weighted by Gasteiger charge is 2.26. The smallest absolute Gasteiger partial charge is 0.00746 e. The summed E-state index contributed by atoms with van der Waals surface area (Å²) in [5.74, 6) is 0.490. The second-order valence-corrected chi connectivity index (χ2v) is 4.89. The first kappa shape index (κ1) is 10.5. The largest absolute Gasteiger partial charge is 0.152 e. The molecule has 1 heteroatoms. The molecule has 1 heterocycles. The van der Waals surface area contributed by atoms with Crippen LogP contribution in [0.4, 0.5) is 0 Å². The van der Waals surface area contributed by atoms with Gasteiger partial charge in [0.25, 0.3) is 0 Å². The first-order valence-electron chi connectivity index (χ1n) is 4.76. The SMILES string of the molecule is C=CC(c1ccsc1)C(C)(C)CC. The third kappa shape index (κ3) is 2.22. The van der Waals surface area contributed by atoms with Crippen molar-refractivity contribution in [1.82, 2.24) is 0 Å². The molecule has 1 aromatic rings. The van der Waals surface area contributed by atoms with Gasteiger partial charge in [-0.05, 0) is 27.8 Å². The summed E-state index contributed by atoms with van der Waals surface area (Å²) in [5.41, 5.74) is 1.73. The maximum atomic E-state index is 3.94. The lowest BCUT2D eigenvalue weighted by Gasteiger charge is -2.30. The first-order valence-corrected chi connectivity index (χ1v) is 5.70. The lowest BCUT2D eigenvalue weighted by molar-refractivity contribution is 0.312. The molecule has 0 bridgehead atoms. The summed E-state index contributed by atoms with van der Waals surface area (Å²) in [6.45, 7) is 10.8. The van der Waals surface area contributed by atoms with Crippen LogP contribution in [0.5, 0.6) is 0 Å². The molecule has 1 aromatic heterocycles. The van der Waals surface area contributed by atoms with E-state index in [0.717, 1.165) is 0 Å². The van der Waals surface area contributed by atoms with E-state index in [1.807, 2.05) is 0 Å². The fourth-order valence-electron chi connectivity index (χ4n) is 1.58. The van der Waals surface area contributed by atoms with Gasteiger partial charge in [0.15, 0.2) is 0 Å². The van der Waals surface area contributed by atoms with E-state index in [4.69, 9.17) is 0 Å². The Morgan fingerprint density at radius 1 is 1.62 bits per heavy atom. The molecule has 0 fully saturated rings. The zero-order valence-corrected chi connectivity index (χ0v) is 9.53. The van der Waals surface area contributed by atoms with Crippen LogP contribution in [0.1, 0.15) is 38.7 Å². The summed E-state index contributed by atoms with van der Waals surface area (Å²) in [5, 5.41) is 4.36. The third-order valence-electron chi connectivity index (χ3n) is 2.89. The van der Waals surface area contributed by atoms with E-state index in [1.165, 1.54) is 12.0 Å². The van der Waals surface area contributed by atoms with Gasteiger partial charge in [0.05, 0.1) is 0 Å². The molecule has 0 spiro atoms. The number of hydrogen-bond acceptors (Lipinski definition) is 1. The van der Waals surface area contributed by atoms with Gasteiger partial charge in [0, 0.05) is 5.92 Å². The fraction of sp³-hybridized carbons (Fsp3) is 0.500. The molecule has 0 radical (unpaired) electrons. The van der Waals surface area contributed by atoms with Crippen LogP contribution in [0.2, 0.25) is 0 Å². The molecular weight excluding hydrogens is 176 g/mol. The average molecular weight is 194 g/mol. The second-order valence-electron chi connectivity index (χ2n) is 4.11. The van der Waals surface area contributed by atoms with Gasteiger partial charge in [-0.25, -0.2) is 0 Å². The highest BCUT2D eigenvalue weighted by Crippen LogP contribution is 2.39. The quantitative estimate of drug-likeness (QED) is 0.621. The highest BCUT2D eigenvalue weighted by atomic mass is 32.1. The van der Waals surface area contributed by atoms with Gasteiger partial charge in [-0.3, -0.25) is 0 Å². The van der Waals surface area contributed by atoms with Crippen LogP contribution in [0.25, 0.3) is 0 Å². The lowest BCUT2D eigenvalue weighted by Crippen LogP contribution is -2.18. The summed E-state index contributed by atoms with van der Waals surface area (Å²) in [4.78, 5) is 0. The van der Waals surface area contributed by atoms with Crippen LogP contribution in [0.3, 0.4) is 0 Å². The molecule has 1 unspecified atom stereocenters. The van der Waals surface area contributed by atoms with Gasteiger partial charge >= 0.3 is 0 Å². The van der Waals surface area contributed by atoms with Crippen LogP contribution in [-0.2, 0) is 0 Å². The maximum absolute atomic E-state index is 3.94. The summed E-state index contributed by atoms with van der Waals surface area (Å²) >= 11 is 1.76. The van der Waals surface area contributed by atoms with Gasteiger partial charge in [0.1, 0.15) is 0 Å². The molecule has 0 nitrogen and oxygen atoms in total. The number of thiophene rings is 1. The fourth-order valence-corrected chi connectivity index (χ4v) is 2.27. The molecule has 0 saturated heterocycles. The Hall–Kier alpha value is -0.560. The molecule has 0 aliphatic carbocycles. The van der Waals surface area contributed by atoms with Crippen molar-refractivity contribution in [3.05, 3.63) is 35.0 Å². The lowest BCUT2D eigenvalue weighted by atomic mass is 9.74. The molecule has 72 valence electrons. The zero-order chi connectivity index (χ0) is 9.90. The molecule has 13 heavy (non-hydrogen) atoms. The Morgan fingerprint density at radius 3 is 2.69 bits per heavy atom. The number of rotatable bonds is 4. The number of allylic oxidation sites excluding steroid dienone is 1. The van der Waals surface area contributed by atoms with Crippen molar-refractivity contribution in [2.45, 2.75) is 33.1 Å². The highest BCUT2D eigenvalue weighted by molar-refractivity contribution is 7.08.